The number of fused-ring (bicyclic) bond motifs is 2. The first kappa shape index (κ1) is 22.1. The first-order valence-corrected chi connectivity index (χ1v) is 11.3. The molecular weight excluding hydrogens is 402 g/mol. The number of nitrogens with one attached hydrogen (secondary N) is 1. The Hall–Kier alpha value is -1.99. The van der Waals surface area contributed by atoms with E-state index in [9.17, 15) is 16.8 Å². The number of benzene rings is 2. The van der Waals surface area contributed by atoms with E-state index in [-0.39, 0.29) is 0 Å². The first-order chi connectivity index (χ1) is 11.8. The molecule has 1 aliphatic rings. The second-order valence-electron chi connectivity index (χ2n) is 5.13. The average Bonchev–Trinajstić information content (AvgIpc) is 2.46. The van der Waals surface area contributed by atoms with E-state index in [1.807, 2.05) is 30.3 Å². The van der Waals surface area contributed by atoms with E-state index in [0.29, 0.717) is 23.9 Å². The number of hydrogen-bond donors (Lipinski definition) is 5. The molecule has 0 fully saturated rings. The minimum atomic E-state index is -3.67. The molecule has 0 unspecified atom stereocenters. The van der Waals surface area contributed by atoms with Crippen molar-refractivity contribution in [3.63, 3.8) is 0 Å². The summed E-state index contributed by atoms with van der Waals surface area (Å²) >= 11 is 1.71. The van der Waals surface area contributed by atoms with Crippen molar-refractivity contribution in [3.05, 3.63) is 36.4 Å². The van der Waals surface area contributed by atoms with Crippen LogP contribution < -0.4 is 16.8 Å². The summed E-state index contributed by atoms with van der Waals surface area (Å²) in [6, 6.07) is 12.0. The summed E-state index contributed by atoms with van der Waals surface area (Å²) in [6.07, 6.45) is 1.43. The fraction of sp³-hybridized carbons (Fsp3) is 0.143. The Morgan fingerprint density at radius 2 is 1.38 bits per heavy atom. The molecule has 12 heteroatoms. The van der Waals surface area contributed by atoms with Gasteiger partial charge in [0.05, 0.1) is 35.3 Å². The van der Waals surface area contributed by atoms with Crippen LogP contribution in [-0.2, 0) is 20.2 Å². The van der Waals surface area contributed by atoms with E-state index >= 15 is 0 Å². The van der Waals surface area contributed by atoms with E-state index in [1.54, 1.807) is 11.8 Å². The van der Waals surface area contributed by atoms with E-state index in [0.717, 1.165) is 16.3 Å². The molecule has 144 valence electrons. The van der Waals surface area contributed by atoms with Crippen molar-refractivity contribution in [2.24, 2.45) is 0 Å². The van der Waals surface area contributed by atoms with Gasteiger partial charge in [-0.15, -0.1) is 0 Å². The minimum absolute atomic E-state index is 0.617. The second kappa shape index (κ2) is 8.60. The van der Waals surface area contributed by atoms with E-state index in [4.69, 9.17) is 20.6 Å². The molecule has 2 aromatic rings. The lowest BCUT2D eigenvalue weighted by molar-refractivity contribution is 0.488. The van der Waals surface area contributed by atoms with Crippen molar-refractivity contribution in [2.45, 2.75) is 9.79 Å². The van der Waals surface area contributed by atoms with Crippen LogP contribution in [0, 0.1) is 0 Å². The summed E-state index contributed by atoms with van der Waals surface area (Å²) in [5.74, 6) is 0. The molecule has 0 amide bonds. The molecular formula is C14H19N3O6S3. The van der Waals surface area contributed by atoms with Crippen LogP contribution in [0.15, 0.2) is 46.2 Å². The largest absolute Gasteiger partial charge is 0.397 e. The molecule has 1 aliphatic heterocycles. The lowest BCUT2D eigenvalue weighted by atomic mass is 10.2. The van der Waals surface area contributed by atoms with Gasteiger partial charge in [-0.05, 0) is 24.3 Å². The Kier molecular flexibility index (Phi) is 7.29. The normalized spacial score (nSPS) is 12.2. The zero-order valence-electron chi connectivity index (χ0n) is 13.9. The molecule has 0 saturated carbocycles. The van der Waals surface area contributed by atoms with Gasteiger partial charge in [-0.1, -0.05) is 23.9 Å². The molecule has 0 atom stereocenters. The molecule has 9 nitrogen and oxygen atoms in total. The van der Waals surface area contributed by atoms with Crippen LogP contribution >= 0.6 is 11.8 Å². The molecule has 26 heavy (non-hydrogen) atoms. The fourth-order valence-electron chi connectivity index (χ4n) is 1.74. The SMILES string of the molecule is CS(=O)(=O)O.CS(=O)(=O)O.Nc1ccc2c(c1N)Nc1ccccc1S2. The number of para-hydroxylation sites is 1. The van der Waals surface area contributed by atoms with Crippen LogP contribution in [0.25, 0.3) is 0 Å². The van der Waals surface area contributed by atoms with Gasteiger partial charge in [0.25, 0.3) is 20.2 Å². The maximum Gasteiger partial charge on any atom is 0.261 e. The monoisotopic (exact) mass is 421 g/mol. The van der Waals surface area contributed by atoms with Crippen LogP contribution in [0.3, 0.4) is 0 Å². The molecule has 3 rings (SSSR count). The van der Waals surface area contributed by atoms with Gasteiger partial charge in [-0.2, -0.15) is 16.8 Å². The Morgan fingerprint density at radius 3 is 1.92 bits per heavy atom. The lowest BCUT2D eigenvalue weighted by Gasteiger charge is -2.22. The topological polar surface area (TPSA) is 173 Å². The highest BCUT2D eigenvalue weighted by molar-refractivity contribution is 7.99. The number of rotatable bonds is 0. The van der Waals surface area contributed by atoms with Crippen molar-refractivity contribution in [3.8, 4) is 0 Å². The lowest BCUT2D eigenvalue weighted by Crippen LogP contribution is -2.05. The number of anilines is 4. The number of nitrogens with two attached hydrogens (primary N) is 2. The van der Waals surface area contributed by atoms with Crippen LogP contribution in [0.2, 0.25) is 0 Å². The maximum atomic E-state index is 9.19. The third kappa shape index (κ3) is 8.40. The molecule has 0 aromatic heterocycles. The van der Waals surface area contributed by atoms with Crippen LogP contribution in [0.4, 0.5) is 22.7 Å². The molecule has 0 radical (unpaired) electrons. The van der Waals surface area contributed by atoms with Gasteiger partial charge in [0.15, 0.2) is 0 Å². The third-order valence-corrected chi connectivity index (χ3v) is 3.74. The predicted molar refractivity (Wildman–Crippen MR) is 104 cm³/mol. The fourth-order valence-corrected chi connectivity index (χ4v) is 2.75. The van der Waals surface area contributed by atoms with Gasteiger partial charge >= 0.3 is 0 Å². The molecule has 0 aliphatic carbocycles. The number of nitrogen functional groups attached to an aromatic ring is 2. The van der Waals surface area contributed by atoms with Gasteiger partial charge in [0.2, 0.25) is 0 Å². The predicted octanol–water partition coefficient (Wildman–Crippen LogP) is 2.07. The molecule has 0 bridgehead atoms. The summed E-state index contributed by atoms with van der Waals surface area (Å²) in [5.41, 5.74) is 15.0. The van der Waals surface area contributed by atoms with Gasteiger partial charge in [-0.25, -0.2) is 0 Å². The second-order valence-corrected chi connectivity index (χ2v) is 9.15. The smallest absolute Gasteiger partial charge is 0.261 e. The molecule has 2 aromatic carbocycles. The van der Waals surface area contributed by atoms with Gasteiger partial charge in [0.1, 0.15) is 0 Å². The first-order valence-electron chi connectivity index (χ1n) is 6.82. The van der Waals surface area contributed by atoms with Crippen molar-refractivity contribution in [2.75, 3.05) is 29.3 Å². The Labute approximate surface area is 156 Å². The van der Waals surface area contributed by atoms with Crippen molar-refractivity contribution in [1.29, 1.82) is 0 Å². The maximum absolute atomic E-state index is 9.19. The highest BCUT2D eigenvalue weighted by Crippen LogP contribution is 2.47. The molecule has 0 saturated heterocycles. The van der Waals surface area contributed by atoms with Gasteiger partial charge < -0.3 is 16.8 Å². The van der Waals surface area contributed by atoms with E-state index in [2.05, 4.69) is 11.4 Å². The van der Waals surface area contributed by atoms with Crippen LogP contribution in [0.1, 0.15) is 0 Å². The minimum Gasteiger partial charge on any atom is -0.397 e. The summed E-state index contributed by atoms with van der Waals surface area (Å²) in [7, 11) is -7.33. The highest BCUT2D eigenvalue weighted by atomic mass is 32.2. The summed E-state index contributed by atoms with van der Waals surface area (Å²) in [6.45, 7) is 0. The van der Waals surface area contributed by atoms with Gasteiger partial charge in [-0.3, -0.25) is 9.11 Å². The number of hydrogen-bond acceptors (Lipinski definition) is 8. The molecule has 0 spiro atoms. The van der Waals surface area contributed by atoms with Crippen molar-refractivity contribution < 1.29 is 25.9 Å². The Morgan fingerprint density at radius 1 is 0.885 bits per heavy atom. The zero-order chi connectivity index (χ0) is 20.1. The van der Waals surface area contributed by atoms with Crippen molar-refractivity contribution in [1.82, 2.24) is 0 Å². The average molecular weight is 422 g/mol. The van der Waals surface area contributed by atoms with Gasteiger partial charge in [0, 0.05) is 9.79 Å². The summed E-state index contributed by atoms with van der Waals surface area (Å²) in [4.78, 5) is 2.32. The third-order valence-electron chi connectivity index (χ3n) is 2.61. The zero-order valence-corrected chi connectivity index (χ0v) is 16.3. The quantitative estimate of drug-likeness (QED) is 0.267. The van der Waals surface area contributed by atoms with Crippen LogP contribution in [0.5, 0.6) is 0 Å². The van der Waals surface area contributed by atoms with Crippen molar-refractivity contribution >= 4 is 54.7 Å². The molecule has 7 N–H and O–H groups in total. The van der Waals surface area contributed by atoms with E-state index in [1.165, 1.54) is 4.90 Å². The highest BCUT2D eigenvalue weighted by Gasteiger charge is 2.18. The Balaban J connectivity index is 0.000000284. The summed E-state index contributed by atoms with van der Waals surface area (Å²) < 4.78 is 51.7. The summed E-state index contributed by atoms with van der Waals surface area (Å²) in [5, 5.41) is 3.32. The molecule has 1 heterocycles. The van der Waals surface area contributed by atoms with Crippen LogP contribution in [-0.4, -0.2) is 38.5 Å². The standard InChI is InChI=1S/C12H11N3S.2CH4O3S/c13-7-5-6-10-12(11(7)14)15-8-3-1-2-4-9(8)16-10;2*1-5(2,3)4/h1-6,15H,13-14H2;2*1H3,(H,2,3,4). The van der Waals surface area contributed by atoms with E-state index < -0.39 is 20.2 Å². The Bertz CT molecular complexity index is 945.